The van der Waals surface area contributed by atoms with E-state index in [1.807, 2.05) is 0 Å². The summed E-state index contributed by atoms with van der Waals surface area (Å²) in [7, 11) is -3.23. The van der Waals surface area contributed by atoms with Crippen LogP contribution in [0.4, 0.5) is 24.8 Å². The molecule has 0 aliphatic heterocycles. The molecule has 5 aromatic rings. The number of aromatic nitrogens is 3. The number of nitrogen functional groups attached to an aromatic ring is 1. The van der Waals surface area contributed by atoms with Crippen LogP contribution in [0, 0.1) is 17.5 Å². The van der Waals surface area contributed by atoms with Gasteiger partial charge in [-0.3, -0.25) is 9.52 Å². The number of anilines is 2. The zero-order chi connectivity index (χ0) is 27.9. The number of pyridine rings is 1. The second kappa shape index (κ2) is 9.76. The van der Waals surface area contributed by atoms with Crippen LogP contribution in [-0.4, -0.2) is 30.1 Å². The lowest BCUT2D eigenvalue weighted by atomic mass is 10.0. The molecule has 0 unspecified atom stereocenters. The highest BCUT2D eigenvalue weighted by Crippen LogP contribution is 2.31. The van der Waals surface area contributed by atoms with Gasteiger partial charge in [-0.2, -0.15) is 0 Å². The number of ether oxygens (including phenoxy) is 1. The van der Waals surface area contributed by atoms with Gasteiger partial charge >= 0.3 is 0 Å². The first-order valence-corrected chi connectivity index (χ1v) is 12.7. The van der Waals surface area contributed by atoms with E-state index in [2.05, 4.69) is 14.7 Å². The minimum atomic E-state index is -4.49. The van der Waals surface area contributed by atoms with Crippen LogP contribution in [0.2, 0.25) is 0 Å². The molecular weight excluding hydrogens is 535 g/mol. The van der Waals surface area contributed by atoms with Crippen molar-refractivity contribution in [1.82, 2.24) is 14.5 Å². The molecule has 0 saturated heterocycles. The Balaban J connectivity index is 1.59. The third-order valence-electron chi connectivity index (χ3n) is 5.78. The van der Waals surface area contributed by atoms with Crippen molar-refractivity contribution in [3.05, 3.63) is 101 Å². The van der Waals surface area contributed by atoms with Gasteiger partial charge in [-0.15, -0.1) is 0 Å². The minimum absolute atomic E-state index is 0.0947. The first kappa shape index (κ1) is 25.7. The third-order valence-corrected chi connectivity index (χ3v) is 7.18. The number of sulfonamides is 1. The van der Waals surface area contributed by atoms with Gasteiger partial charge in [0.1, 0.15) is 28.0 Å². The number of fused-ring (bicyclic) bond motifs is 1. The summed E-state index contributed by atoms with van der Waals surface area (Å²) < 4.78 is 75.1. The van der Waals surface area contributed by atoms with E-state index in [1.54, 1.807) is 12.1 Å². The normalized spacial score (nSPS) is 11.5. The van der Waals surface area contributed by atoms with Crippen molar-refractivity contribution < 1.29 is 26.3 Å². The topological polar surface area (TPSA) is 129 Å². The van der Waals surface area contributed by atoms with Gasteiger partial charge in [0, 0.05) is 17.8 Å². The summed E-state index contributed by atoms with van der Waals surface area (Å²) in [4.78, 5) is 21.0. The number of benzene rings is 3. The molecule has 3 N–H and O–H groups in total. The first-order chi connectivity index (χ1) is 18.6. The molecule has 198 valence electrons. The maximum absolute atomic E-state index is 14.2. The van der Waals surface area contributed by atoms with Crippen LogP contribution >= 0.6 is 0 Å². The largest absolute Gasteiger partial charge is 0.480 e. The summed E-state index contributed by atoms with van der Waals surface area (Å²) in [5.74, 6) is -2.90. The fraction of sp³-hybridized carbons (Fsp3) is 0.0385. The van der Waals surface area contributed by atoms with Crippen molar-refractivity contribution >= 4 is 32.6 Å². The molecule has 0 amide bonds. The molecule has 3 aromatic carbocycles. The van der Waals surface area contributed by atoms with Gasteiger partial charge in [-0.05, 0) is 60.2 Å². The van der Waals surface area contributed by atoms with E-state index in [4.69, 9.17) is 10.5 Å². The summed E-state index contributed by atoms with van der Waals surface area (Å²) in [6, 6.07) is 13.3. The van der Waals surface area contributed by atoms with Crippen molar-refractivity contribution in [2.24, 2.45) is 0 Å². The predicted molar refractivity (Wildman–Crippen MR) is 139 cm³/mol. The molecule has 0 aliphatic carbocycles. The number of methoxy groups -OCH3 is 1. The van der Waals surface area contributed by atoms with Crippen LogP contribution in [0.25, 0.3) is 27.7 Å². The van der Waals surface area contributed by atoms with E-state index in [9.17, 15) is 26.4 Å². The van der Waals surface area contributed by atoms with E-state index in [0.717, 1.165) is 16.7 Å². The highest BCUT2D eigenvalue weighted by Gasteiger charge is 2.22. The SMILES string of the molecule is COc1ncc(-c2ccc3nc(N)n(-c4ccc(F)cc4)c(=O)c3c2)cc1NS(=O)(=O)c1ccc(F)cc1F. The number of hydrogen-bond donors (Lipinski definition) is 2. The highest BCUT2D eigenvalue weighted by atomic mass is 32.2. The van der Waals surface area contributed by atoms with Gasteiger partial charge in [0.15, 0.2) is 0 Å². The molecule has 2 heterocycles. The van der Waals surface area contributed by atoms with Crippen LogP contribution < -0.4 is 20.8 Å². The Labute approximate surface area is 219 Å². The number of halogens is 3. The molecule has 13 heteroatoms. The van der Waals surface area contributed by atoms with Gasteiger partial charge in [0.2, 0.25) is 11.8 Å². The van der Waals surface area contributed by atoms with E-state index in [1.165, 1.54) is 49.7 Å². The molecule has 0 saturated carbocycles. The average Bonchev–Trinajstić information content (AvgIpc) is 2.89. The van der Waals surface area contributed by atoms with Crippen molar-refractivity contribution in [1.29, 1.82) is 0 Å². The Kier molecular flexibility index (Phi) is 6.44. The van der Waals surface area contributed by atoms with Gasteiger partial charge in [-0.25, -0.2) is 36.1 Å². The molecule has 9 nitrogen and oxygen atoms in total. The number of nitrogens with zero attached hydrogens (tertiary/aromatic N) is 3. The van der Waals surface area contributed by atoms with Gasteiger partial charge < -0.3 is 10.5 Å². The van der Waals surface area contributed by atoms with E-state index < -0.39 is 37.9 Å². The Morgan fingerprint density at radius 1 is 0.923 bits per heavy atom. The fourth-order valence-corrected chi connectivity index (χ4v) is 5.07. The minimum Gasteiger partial charge on any atom is -0.480 e. The molecule has 2 aromatic heterocycles. The monoisotopic (exact) mass is 553 g/mol. The summed E-state index contributed by atoms with van der Waals surface area (Å²) in [5.41, 5.74) is 6.81. The lowest BCUT2D eigenvalue weighted by Crippen LogP contribution is -2.23. The second-order valence-corrected chi connectivity index (χ2v) is 9.93. The zero-order valence-corrected chi connectivity index (χ0v) is 20.8. The van der Waals surface area contributed by atoms with Crippen LogP contribution in [0.15, 0.2) is 82.6 Å². The average molecular weight is 554 g/mol. The highest BCUT2D eigenvalue weighted by molar-refractivity contribution is 7.92. The molecule has 5 rings (SSSR count). The Morgan fingerprint density at radius 3 is 2.33 bits per heavy atom. The molecular formula is C26H18F3N5O4S. The van der Waals surface area contributed by atoms with Crippen LogP contribution in [0.5, 0.6) is 5.88 Å². The second-order valence-electron chi connectivity index (χ2n) is 8.28. The summed E-state index contributed by atoms with van der Waals surface area (Å²) in [6.45, 7) is 0. The Hall–Kier alpha value is -4.91. The lowest BCUT2D eigenvalue weighted by molar-refractivity contribution is 0.400. The number of rotatable bonds is 6. The standard InChI is InChI=1S/C26H18F3N5O4S/c1-38-24-22(33-39(36,37)23-9-5-17(28)12-20(23)29)11-15(13-31-24)14-2-8-21-19(10-14)25(35)34(26(30)32-21)18-6-3-16(27)4-7-18/h2-13,33H,1H3,(H2,30,32). The first-order valence-electron chi connectivity index (χ1n) is 11.2. The van der Waals surface area contributed by atoms with E-state index in [-0.39, 0.29) is 22.9 Å². The number of nitrogens with two attached hydrogens (primary N) is 1. The van der Waals surface area contributed by atoms with Gasteiger partial charge in [0.25, 0.3) is 15.6 Å². The molecule has 0 fully saturated rings. The predicted octanol–water partition coefficient (Wildman–Crippen LogP) is 4.26. The van der Waals surface area contributed by atoms with Crippen LogP contribution in [0.3, 0.4) is 0 Å². The van der Waals surface area contributed by atoms with Gasteiger partial charge in [0.05, 0.1) is 23.7 Å². The Morgan fingerprint density at radius 2 is 1.64 bits per heavy atom. The molecule has 0 aliphatic rings. The zero-order valence-electron chi connectivity index (χ0n) is 20.0. The van der Waals surface area contributed by atoms with Crippen molar-refractivity contribution in [2.75, 3.05) is 17.6 Å². The summed E-state index contributed by atoms with van der Waals surface area (Å²) in [6.07, 6.45) is 1.39. The molecule has 0 spiro atoms. The third kappa shape index (κ3) is 4.86. The van der Waals surface area contributed by atoms with Crippen molar-refractivity contribution in [3.8, 4) is 22.7 Å². The van der Waals surface area contributed by atoms with Crippen LogP contribution in [0.1, 0.15) is 0 Å². The molecule has 39 heavy (non-hydrogen) atoms. The van der Waals surface area contributed by atoms with E-state index >= 15 is 0 Å². The van der Waals surface area contributed by atoms with Crippen LogP contribution in [-0.2, 0) is 10.0 Å². The maximum atomic E-state index is 14.2. The summed E-state index contributed by atoms with van der Waals surface area (Å²) >= 11 is 0. The number of nitrogens with one attached hydrogen (secondary N) is 1. The Bertz CT molecular complexity index is 1910. The lowest BCUT2D eigenvalue weighted by Gasteiger charge is -2.14. The molecule has 0 bridgehead atoms. The van der Waals surface area contributed by atoms with Crippen molar-refractivity contribution in [2.45, 2.75) is 4.90 Å². The maximum Gasteiger partial charge on any atom is 0.267 e. The van der Waals surface area contributed by atoms with Gasteiger partial charge in [-0.1, -0.05) is 6.07 Å². The smallest absolute Gasteiger partial charge is 0.267 e. The fourth-order valence-electron chi connectivity index (χ4n) is 3.96. The molecule has 0 atom stereocenters. The van der Waals surface area contributed by atoms with Crippen molar-refractivity contribution in [3.63, 3.8) is 0 Å². The number of hydrogen-bond acceptors (Lipinski definition) is 7. The molecule has 0 radical (unpaired) electrons. The summed E-state index contributed by atoms with van der Waals surface area (Å²) in [5, 5.41) is 0.178. The quantitative estimate of drug-likeness (QED) is 0.322. The van der Waals surface area contributed by atoms with E-state index in [0.29, 0.717) is 28.4 Å².